The first kappa shape index (κ1) is 9.28. The second-order valence-electron chi connectivity index (χ2n) is 3.23. The topological polar surface area (TPSA) is 47.6 Å². The van der Waals surface area contributed by atoms with Gasteiger partial charge in [-0.05, 0) is 5.56 Å². The molecular formula is C10H11BN2O. The van der Waals surface area contributed by atoms with E-state index in [1.165, 1.54) is 0 Å². The largest absolute Gasteiger partial charge is 0.478 e. The van der Waals surface area contributed by atoms with E-state index in [1.807, 2.05) is 30.3 Å². The lowest BCUT2D eigenvalue weighted by Gasteiger charge is -2.03. The SMILES string of the molecule is [B]C(N)C1=NC(c2ccccc2)CO1. The first-order chi connectivity index (χ1) is 6.77. The highest BCUT2D eigenvalue weighted by atomic mass is 16.5. The van der Waals surface area contributed by atoms with E-state index in [0.717, 1.165) is 5.56 Å². The fourth-order valence-electron chi connectivity index (χ4n) is 1.42. The monoisotopic (exact) mass is 186 g/mol. The van der Waals surface area contributed by atoms with E-state index < -0.39 is 5.94 Å². The van der Waals surface area contributed by atoms with Gasteiger partial charge in [-0.15, -0.1) is 0 Å². The first-order valence-corrected chi connectivity index (χ1v) is 4.54. The first-order valence-electron chi connectivity index (χ1n) is 4.54. The van der Waals surface area contributed by atoms with Crippen LogP contribution in [0.25, 0.3) is 0 Å². The number of nitrogens with zero attached hydrogens (tertiary/aromatic N) is 1. The quantitative estimate of drug-likeness (QED) is 0.687. The molecule has 1 heterocycles. The summed E-state index contributed by atoms with van der Waals surface area (Å²) in [5.74, 6) is -0.164. The van der Waals surface area contributed by atoms with E-state index in [2.05, 4.69) is 4.99 Å². The van der Waals surface area contributed by atoms with Crippen molar-refractivity contribution in [1.29, 1.82) is 0 Å². The van der Waals surface area contributed by atoms with E-state index >= 15 is 0 Å². The average Bonchev–Trinajstić information content (AvgIpc) is 2.68. The Bertz CT molecular complexity index is 337. The van der Waals surface area contributed by atoms with Crippen LogP contribution in [-0.2, 0) is 4.74 Å². The molecule has 0 bridgehead atoms. The molecule has 0 aromatic heterocycles. The van der Waals surface area contributed by atoms with Crippen molar-refractivity contribution < 1.29 is 4.74 Å². The molecule has 0 saturated carbocycles. The molecule has 2 rings (SSSR count). The Morgan fingerprint density at radius 1 is 1.43 bits per heavy atom. The van der Waals surface area contributed by atoms with E-state index in [0.29, 0.717) is 12.5 Å². The van der Waals surface area contributed by atoms with Crippen LogP contribution in [0.4, 0.5) is 0 Å². The van der Waals surface area contributed by atoms with Crippen molar-refractivity contribution in [1.82, 2.24) is 0 Å². The van der Waals surface area contributed by atoms with Gasteiger partial charge in [-0.2, -0.15) is 0 Å². The molecule has 0 aliphatic carbocycles. The van der Waals surface area contributed by atoms with Gasteiger partial charge in [-0.3, -0.25) is 0 Å². The maximum atomic E-state index is 5.46. The summed E-state index contributed by atoms with van der Waals surface area (Å²) in [5.41, 5.74) is 6.59. The predicted octanol–water partition coefficient (Wildman–Crippen LogP) is 0.610. The van der Waals surface area contributed by atoms with E-state index in [-0.39, 0.29) is 6.04 Å². The molecule has 2 radical (unpaired) electrons. The van der Waals surface area contributed by atoms with Gasteiger partial charge in [0.1, 0.15) is 20.5 Å². The maximum Gasteiger partial charge on any atom is 0.191 e. The molecular weight excluding hydrogens is 175 g/mol. The molecule has 0 amide bonds. The van der Waals surface area contributed by atoms with Gasteiger partial charge in [0, 0.05) is 5.94 Å². The molecule has 4 heteroatoms. The third-order valence-corrected chi connectivity index (χ3v) is 2.14. The molecule has 1 aromatic carbocycles. The van der Waals surface area contributed by atoms with Gasteiger partial charge in [0.2, 0.25) is 0 Å². The smallest absolute Gasteiger partial charge is 0.191 e. The predicted molar refractivity (Wildman–Crippen MR) is 56.3 cm³/mol. The Kier molecular flexibility index (Phi) is 2.54. The van der Waals surface area contributed by atoms with Gasteiger partial charge in [0.15, 0.2) is 5.90 Å². The number of aliphatic imine (C=N–C) groups is 1. The highest BCUT2D eigenvalue weighted by molar-refractivity contribution is 6.23. The highest BCUT2D eigenvalue weighted by Crippen LogP contribution is 2.22. The summed E-state index contributed by atoms with van der Waals surface area (Å²) in [5, 5.41) is 0. The summed E-state index contributed by atoms with van der Waals surface area (Å²) in [6.07, 6.45) is 0. The molecule has 2 N–H and O–H groups in total. The number of hydrogen-bond acceptors (Lipinski definition) is 3. The van der Waals surface area contributed by atoms with Crippen molar-refractivity contribution >= 4 is 13.7 Å². The van der Waals surface area contributed by atoms with Crippen LogP contribution in [0.1, 0.15) is 11.6 Å². The summed E-state index contributed by atoms with van der Waals surface area (Å²) < 4.78 is 5.28. The summed E-state index contributed by atoms with van der Waals surface area (Å²) in [4.78, 5) is 4.30. The van der Waals surface area contributed by atoms with Crippen molar-refractivity contribution in [3.05, 3.63) is 35.9 Å². The van der Waals surface area contributed by atoms with Crippen molar-refractivity contribution in [2.24, 2.45) is 10.7 Å². The minimum Gasteiger partial charge on any atom is -0.478 e. The molecule has 3 nitrogen and oxygen atoms in total. The standard InChI is InChI=1S/C10H11BN2O/c11-9(12)10-13-8(6-14-10)7-4-2-1-3-5-7/h1-5,8-9H,6,12H2. The van der Waals surface area contributed by atoms with Crippen LogP contribution in [0, 0.1) is 0 Å². The molecule has 70 valence electrons. The molecule has 1 aliphatic heterocycles. The lowest BCUT2D eigenvalue weighted by molar-refractivity contribution is 0.312. The fourth-order valence-corrected chi connectivity index (χ4v) is 1.42. The normalized spacial score (nSPS) is 22.6. The lowest BCUT2D eigenvalue weighted by atomic mass is 9.98. The van der Waals surface area contributed by atoms with Gasteiger partial charge < -0.3 is 10.5 Å². The molecule has 14 heavy (non-hydrogen) atoms. The Balaban J connectivity index is 2.16. The van der Waals surface area contributed by atoms with Crippen molar-refractivity contribution in [3.8, 4) is 0 Å². The van der Waals surface area contributed by atoms with Crippen LogP contribution in [0.5, 0.6) is 0 Å². The highest BCUT2D eigenvalue weighted by Gasteiger charge is 2.21. The van der Waals surface area contributed by atoms with E-state index in [1.54, 1.807) is 0 Å². The van der Waals surface area contributed by atoms with Crippen LogP contribution >= 0.6 is 0 Å². The summed E-state index contributed by atoms with van der Waals surface area (Å²) in [6, 6.07) is 10.0. The minimum absolute atomic E-state index is 0.0424. The zero-order valence-electron chi connectivity index (χ0n) is 7.76. The van der Waals surface area contributed by atoms with Crippen LogP contribution in [-0.4, -0.2) is 26.3 Å². The van der Waals surface area contributed by atoms with Crippen LogP contribution in [0.3, 0.4) is 0 Å². The van der Waals surface area contributed by atoms with Gasteiger partial charge in [0.25, 0.3) is 0 Å². The summed E-state index contributed by atoms with van der Waals surface area (Å²) in [7, 11) is 5.46. The lowest BCUT2D eigenvalue weighted by Crippen LogP contribution is -2.30. The van der Waals surface area contributed by atoms with Crippen molar-refractivity contribution in [2.45, 2.75) is 12.0 Å². The maximum absolute atomic E-state index is 5.46. The van der Waals surface area contributed by atoms with Crippen molar-refractivity contribution in [3.63, 3.8) is 0 Å². The van der Waals surface area contributed by atoms with Gasteiger partial charge in [-0.1, -0.05) is 30.3 Å². The van der Waals surface area contributed by atoms with Crippen LogP contribution in [0.15, 0.2) is 35.3 Å². The van der Waals surface area contributed by atoms with Crippen LogP contribution < -0.4 is 5.73 Å². The van der Waals surface area contributed by atoms with Gasteiger partial charge >= 0.3 is 0 Å². The minimum atomic E-state index is -0.608. The molecule has 0 saturated heterocycles. The number of rotatable bonds is 2. The number of nitrogens with two attached hydrogens (primary N) is 1. The number of benzene rings is 1. The Hall–Kier alpha value is -1.29. The van der Waals surface area contributed by atoms with Crippen molar-refractivity contribution in [2.75, 3.05) is 6.61 Å². The second kappa shape index (κ2) is 3.84. The Morgan fingerprint density at radius 2 is 2.14 bits per heavy atom. The molecule has 2 atom stereocenters. The van der Waals surface area contributed by atoms with Gasteiger partial charge in [-0.25, -0.2) is 4.99 Å². The molecule has 0 spiro atoms. The summed E-state index contributed by atoms with van der Waals surface area (Å²) >= 11 is 0. The zero-order valence-corrected chi connectivity index (χ0v) is 7.76. The molecule has 1 aliphatic rings. The second-order valence-corrected chi connectivity index (χ2v) is 3.23. The Morgan fingerprint density at radius 3 is 2.71 bits per heavy atom. The summed E-state index contributed by atoms with van der Waals surface area (Å²) in [6.45, 7) is 0.532. The third kappa shape index (κ3) is 1.80. The van der Waals surface area contributed by atoms with E-state index in [4.69, 9.17) is 18.3 Å². The molecule has 1 aromatic rings. The number of ether oxygens (including phenoxy) is 1. The third-order valence-electron chi connectivity index (χ3n) is 2.14. The zero-order chi connectivity index (χ0) is 9.97. The Labute approximate surface area is 84.4 Å². The molecule has 0 fully saturated rings. The number of hydrogen-bond donors (Lipinski definition) is 1. The van der Waals surface area contributed by atoms with Crippen LogP contribution in [0.2, 0.25) is 0 Å². The average molecular weight is 186 g/mol. The van der Waals surface area contributed by atoms with Gasteiger partial charge in [0.05, 0.1) is 0 Å². The van der Waals surface area contributed by atoms with E-state index in [9.17, 15) is 0 Å². The molecule has 2 unspecified atom stereocenters. The fraction of sp³-hybridized carbons (Fsp3) is 0.300.